The maximum Gasteiger partial charge on any atom is 0.348 e. The van der Waals surface area contributed by atoms with Gasteiger partial charge in [-0.1, -0.05) is 12.1 Å². The van der Waals surface area contributed by atoms with Crippen LogP contribution in [0.3, 0.4) is 0 Å². The fourth-order valence-electron chi connectivity index (χ4n) is 2.23. The van der Waals surface area contributed by atoms with Crippen LogP contribution in [0.15, 0.2) is 40.8 Å². The molecule has 0 amide bonds. The molecule has 114 valence electrons. The van der Waals surface area contributed by atoms with Crippen molar-refractivity contribution >= 4 is 22.9 Å². The van der Waals surface area contributed by atoms with Crippen LogP contribution in [0.1, 0.15) is 12.0 Å². The molecule has 0 fully saturated rings. The predicted molar refractivity (Wildman–Crippen MR) is 84.0 cm³/mol. The molecule has 1 aromatic carbocycles. The van der Waals surface area contributed by atoms with Crippen LogP contribution in [0.4, 0.5) is 0 Å². The number of aryl methyl sites for hydroxylation is 1. The number of esters is 1. The van der Waals surface area contributed by atoms with Crippen LogP contribution in [-0.4, -0.2) is 17.6 Å². The number of nitriles is 2. The molecule has 2 rings (SSSR count). The van der Waals surface area contributed by atoms with Gasteiger partial charge in [-0.25, -0.2) is 4.79 Å². The molecule has 2 aromatic rings. The number of pyridine rings is 1. The first-order valence-electron chi connectivity index (χ1n) is 6.81. The number of fused-ring (bicyclic) bond motifs is 1. The topological polar surface area (TPSA) is 95.9 Å². The molecule has 0 aliphatic rings. The van der Waals surface area contributed by atoms with Gasteiger partial charge < -0.3 is 9.30 Å². The first-order chi connectivity index (χ1) is 11.1. The molecule has 0 aliphatic carbocycles. The number of nitrogens with zero attached hydrogens (tertiary/aromatic N) is 3. The summed E-state index contributed by atoms with van der Waals surface area (Å²) < 4.78 is 6.28. The van der Waals surface area contributed by atoms with Crippen LogP contribution in [0.25, 0.3) is 17.0 Å². The van der Waals surface area contributed by atoms with Gasteiger partial charge in [-0.2, -0.15) is 10.5 Å². The zero-order chi connectivity index (χ0) is 16.8. The van der Waals surface area contributed by atoms with Gasteiger partial charge in [0.25, 0.3) is 0 Å². The van der Waals surface area contributed by atoms with Gasteiger partial charge in [0.2, 0.25) is 0 Å². The molecular weight excluding hydrogens is 294 g/mol. The second kappa shape index (κ2) is 7.06. The molecule has 1 aromatic heterocycles. The molecule has 0 spiro atoms. The van der Waals surface area contributed by atoms with E-state index in [4.69, 9.17) is 10.5 Å². The van der Waals surface area contributed by atoms with E-state index >= 15 is 0 Å². The van der Waals surface area contributed by atoms with Crippen LogP contribution in [0, 0.1) is 22.7 Å². The predicted octanol–water partition coefficient (Wildman–Crippen LogP) is 2.00. The van der Waals surface area contributed by atoms with Crippen molar-refractivity contribution in [3.8, 4) is 12.1 Å². The molecule has 0 radical (unpaired) electrons. The largest absolute Gasteiger partial charge is 0.465 e. The number of aromatic nitrogens is 1. The van der Waals surface area contributed by atoms with E-state index in [1.807, 2.05) is 0 Å². The summed E-state index contributed by atoms with van der Waals surface area (Å²) in [6, 6.07) is 10.8. The van der Waals surface area contributed by atoms with Crippen molar-refractivity contribution in [2.24, 2.45) is 0 Å². The lowest BCUT2D eigenvalue weighted by molar-refractivity contribution is -0.135. The number of para-hydroxylation sites is 1. The standard InChI is InChI=1S/C17H13N3O3/c1-23-17(22)12(10-19)9-13-11-20(8-4-7-18)15-6-3-2-5-14(15)16(13)21/h2-3,5-6,9,11H,4,8H2,1H3/b12-9+. The summed E-state index contributed by atoms with van der Waals surface area (Å²) in [4.78, 5) is 24.0. The number of hydrogen-bond donors (Lipinski definition) is 0. The van der Waals surface area contributed by atoms with E-state index in [0.29, 0.717) is 17.4 Å². The molecule has 6 nitrogen and oxygen atoms in total. The lowest BCUT2D eigenvalue weighted by Crippen LogP contribution is -2.13. The Bertz CT molecular complexity index is 927. The number of hydrogen-bond acceptors (Lipinski definition) is 5. The molecule has 0 bridgehead atoms. The van der Waals surface area contributed by atoms with Crippen LogP contribution in [0.2, 0.25) is 0 Å². The summed E-state index contributed by atoms with van der Waals surface area (Å²) in [5.41, 5.74) is 0.349. The quantitative estimate of drug-likeness (QED) is 0.489. The lowest BCUT2D eigenvalue weighted by atomic mass is 10.1. The lowest BCUT2D eigenvalue weighted by Gasteiger charge is -2.10. The number of ether oxygens (including phenoxy) is 1. The van der Waals surface area contributed by atoms with Crippen LogP contribution < -0.4 is 5.43 Å². The van der Waals surface area contributed by atoms with Crippen LogP contribution in [0.5, 0.6) is 0 Å². The van der Waals surface area contributed by atoms with Crippen molar-refractivity contribution in [1.29, 1.82) is 10.5 Å². The van der Waals surface area contributed by atoms with Crippen molar-refractivity contribution in [2.45, 2.75) is 13.0 Å². The van der Waals surface area contributed by atoms with Gasteiger partial charge in [0.1, 0.15) is 11.6 Å². The zero-order valence-corrected chi connectivity index (χ0v) is 12.4. The van der Waals surface area contributed by atoms with Gasteiger partial charge in [-0.3, -0.25) is 4.79 Å². The first-order valence-corrected chi connectivity index (χ1v) is 6.81. The fourth-order valence-corrected chi connectivity index (χ4v) is 2.23. The summed E-state index contributed by atoms with van der Waals surface area (Å²) in [5.74, 6) is -0.802. The second-order valence-corrected chi connectivity index (χ2v) is 4.69. The molecule has 1 heterocycles. The first kappa shape index (κ1) is 16.0. The Labute approximate surface area is 132 Å². The van der Waals surface area contributed by atoms with E-state index in [9.17, 15) is 9.59 Å². The van der Waals surface area contributed by atoms with E-state index in [1.165, 1.54) is 13.2 Å². The molecule has 0 saturated heterocycles. The monoisotopic (exact) mass is 307 g/mol. The van der Waals surface area contributed by atoms with E-state index in [2.05, 4.69) is 10.8 Å². The number of carbonyl (C=O) groups is 1. The van der Waals surface area contributed by atoms with E-state index < -0.39 is 5.97 Å². The Morgan fingerprint density at radius 3 is 2.74 bits per heavy atom. The van der Waals surface area contributed by atoms with Gasteiger partial charge >= 0.3 is 5.97 Å². The van der Waals surface area contributed by atoms with Crippen LogP contribution in [-0.2, 0) is 16.1 Å². The zero-order valence-electron chi connectivity index (χ0n) is 12.4. The van der Waals surface area contributed by atoms with Crippen LogP contribution >= 0.6 is 0 Å². The molecule has 0 aliphatic heterocycles. The maximum absolute atomic E-state index is 12.5. The fraction of sp³-hybridized carbons (Fsp3) is 0.176. The Kier molecular flexibility index (Phi) is 4.91. The maximum atomic E-state index is 12.5. The van der Waals surface area contributed by atoms with E-state index in [-0.39, 0.29) is 23.0 Å². The summed E-state index contributed by atoms with van der Waals surface area (Å²) in [7, 11) is 1.17. The molecular formula is C17H13N3O3. The van der Waals surface area contributed by atoms with Crippen molar-refractivity contribution in [2.75, 3.05) is 7.11 Å². The Hall–Kier alpha value is -3.38. The number of carbonyl (C=O) groups excluding carboxylic acids is 1. The minimum atomic E-state index is -0.802. The normalized spacial score (nSPS) is 10.8. The molecule has 0 N–H and O–H groups in total. The Morgan fingerprint density at radius 2 is 2.09 bits per heavy atom. The highest BCUT2D eigenvalue weighted by atomic mass is 16.5. The minimum Gasteiger partial charge on any atom is -0.465 e. The second-order valence-electron chi connectivity index (χ2n) is 4.69. The number of rotatable bonds is 4. The highest BCUT2D eigenvalue weighted by Crippen LogP contribution is 2.14. The minimum absolute atomic E-state index is 0.198. The summed E-state index contributed by atoms with van der Waals surface area (Å²) in [6.07, 6.45) is 3.03. The molecule has 23 heavy (non-hydrogen) atoms. The molecule has 0 saturated carbocycles. The number of benzene rings is 1. The average Bonchev–Trinajstić information content (AvgIpc) is 2.59. The average molecular weight is 307 g/mol. The number of methoxy groups -OCH3 is 1. The SMILES string of the molecule is COC(=O)/C(C#N)=C/c1cn(CCC#N)c2ccccc2c1=O. The van der Waals surface area contributed by atoms with Crippen molar-refractivity contribution in [3.05, 3.63) is 51.8 Å². The highest BCUT2D eigenvalue weighted by Gasteiger charge is 2.12. The van der Waals surface area contributed by atoms with Crippen molar-refractivity contribution in [1.82, 2.24) is 4.57 Å². The summed E-state index contributed by atoms with van der Waals surface area (Å²) >= 11 is 0. The third-order valence-corrected chi connectivity index (χ3v) is 3.31. The summed E-state index contributed by atoms with van der Waals surface area (Å²) in [5, 5.41) is 18.3. The molecule has 0 atom stereocenters. The van der Waals surface area contributed by atoms with E-state index in [0.717, 1.165) is 0 Å². The Morgan fingerprint density at radius 1 is 1.35 bits per heavy atom. The molecule has 6 heteroatoms. The van der Waals surface area contributed by atoms with Gasteiger partial charge in [0, 0.05) is 23.7 Å². The molecule has 0 unspecified atom stereocenters. The van der Waals surface area contributed by atoms with Gasteiger partial charge in [0.05, 0.1) is 25.1 Å². The van der Waals surface area contributed by atoms with Gasteiger partial charge in [-0.15, -0.1) is 0 Å². The van der Waals surface area contributed by atoms with Crippen molar-refractivity contribution < 1.29 is 9.53 Å². The van der Waals surface area contributed by atoms with Crippen molar-refractivity contribution in [3.63, 3.8) is 0 Å². The van der Waals surface area contributed by atoms with Gasteiger partial charge in [-0.05, 0) is 18.2 Å². The van der Waals surface area contributed by atoms with E-state index in [1.54, 1.807) is 41.1 Å². The van der Waals surface area contributed by atoms with Gasteiger partial charge in [0.15, 0.2) is 5.43 Å². The third kappa shape index (κ3) is 3.28. The summed E-state index contributed by atoms with van der Waals surface area (Å²) in [6.45, 7) is 0.401. The highest BCUT2D eigenvalue weighted by molar-refractivity contribution is 5.98. The Balaban J connectivity index is 2.70. The third-order valence-electron chi connectivity index (χ3n) is 3.31. The smallest absolute Gasteiger partial charge is 0.348 e.